The molecular weight excluding hydrogens is 274 g/mol. The summed E-state index contributed by atoms with van der Waals surface area (Å²) >= 11 is 0. The minimum Gasteiger partial charge on any atom is -0.480 e. The van der Waals surface area contributed by atoms with Crippen molar-refractivity contribution in [2.24, 2.45) is 23.5 Å². The Hall–Kier alpha value is -0.570. The van der Waals surface area contributed by atoms with E-state index < -0.39 is 11.5 Å². The average molecular weight is 314 g/mol. The first-order chi connectivity index (χ1) is 10.1. The quantitative estimate of drug-likeness (QED) is 0.489. The number of carboxylic acid groups (broad SMARTS) is 1. The summed E-state index contributed by atoms with van der Waals surface area (Å²) in [5.74, 6) is 1.44. The van der Waals surface area contributed by atoms with Gasteiger partial charge in [0.25, 0.3) is 0 Å². The Balaban J connectivity index is 3.65. The predicted octanol–water partition coefficient (Wildman–Crippen LogP) is 5.23. The van der Waals surface area contributed by atoms with Crippen molar-refractivity contribution in [3.63, 3.8) is 0 Å². The Morgan fingerprint density at radius 1 is 0.909 bits per heavy atom. The van der Waals surface area contributed by atoms with Crippen LogP contribution < -0.4 is 5.73 Å². The van der Waals surface area contributed by atoms with Crippen LogP contribution in [0.1, 0.15) is 92.4 Å². The number of aliphatic carboxylic acids is 1. The van der Waals surface area contributed by atoms with E-state index in [0.29, 0.717) is 12.3 Å². The molecule has 0 aromatic carbocycles. The first-order valence-corrected chi connectivity index (χ1v) is 9.17. The van der Waals surface area contributed by atoms with Gasteiger partial charge in [-0.1, -0.05) is 79.1 Å². The third kappa shape index (κ3) is 11.1. The molecule has 0 fully saturated rings. The van der Waals surface area contributed by atoms with E-state index in [-0.39, 0.29) is 0 Å². The van der Waals surface area contributed by atoms with Crippen molar-refractivity contribution >= 4 is 5.97 Å². The Labute approximate surface area is 138 Å². The van der Waals surface area contributed by atoms with Gasteiger partial charge in [-0.2, -0.15) is 0 Å². The number of nitrogens with two attached hydrogens (primary N) is 1. The van der Waals surface area contributed by atoms with Crippen molar-refractivity contribution in [3.8, 4) is 0 Å². The van der Waals surface area contributed by atoms with Crippen LogP contribution in [0.2, 0.25) is 0 Å². The van der Waals surface area contributed by atoms with Crippen LogP contribution in [0.25, 0.3) is 0 Å². The predicted molar refractivity (Wildman–Crippen MR) is 94.9 cm³/mol. The largest absolute Gasteiger partial charge is 0.480 e. The zero-order chi connectivity index (χ0) is 17.2. The molecule has 0 aromatic rings. The number of carboxylic acids is 1. The second-order valence-corrected chi connectivity index (χ2v) is 8.08. The molecule has 3 heteroatoms. The second-order valence-electron chi connectivity index (χ2n) is 8.08. The van der Waals surface area contributed by atoms with E-state index in [1.165, 1.54) is 38.5 Å². The van der Waals surface area contributed by atoms with E-state index >= 15 is 0 Å². The highest BCUT2D eigenvalue weighted by molar-refractivity contribution is 5.77. The summed E-state index contributed by atoms with van der Waals surface area (Å²) in [4.78, 5) is 10.9. The van der Waals surface area contributed by atoms with Crippen LogP contribution in [0.5, 0.6) is 0 Å². The fraction of sp³-hybridized carbons (Fsp3) is 0.947. The summed E-state index contributed by atoms with van der Waals surface area (Å²) in [6, 6.07) is 0. The molecule has 3 atom stereocenters. The van der Waals surface area contributed by atoms with Gasteiger partial charge >= 0.3 is 5.97 Å². The molecule has 3 nitrogen and oxygen atoms in total. The molecule has 0 spiro atoms. The normalized spacial score (nSPS) is 17.2. The lowest BCUT2D eigenvalue weighted by atomic mass is 9.89. The Bertz CT molecular complexity index is 300. The zero-order valence-corrected chi connectivity index (χ0v) is 15.5. The molecule has 0 heterocycles. The SMILES string of the molecule is CC(C)CCCC(C)CCCC(C)CCCC(C)(N)C(=O)O. The van der Waals surface area contributed by atoms with Gasteiger partial charge in [-0.05, 0) is 31.1 Å². The molecular formula is C19H39NO2. The summed E-state index contributed by atoms with van der Waals surface area (Å²) in [5, 5.41) is 8.99. The molecule has 3 N–H and O–H groups in total. The Morgan fingerprint density at radius 3 is 1.73 bits per heavy atom. The fourth-order valence-electron chi connectivity index (χ4n) is 2.90. The standard InChI is InChI=1S/C19H39NO2/c1-15(2)9-6-10-16(3)11-7-12-17(4)13-8-14-19(5,20)18(21)22/h15-17H,6-14,20H2,1-5H3,(H,21,22). The summed E-state index contributed by atoms with van der Waals surface area (Å²) in [6.45, 7) is 10.8. The summed E-state index contributed by atoms with van der Waals surface area (Å²) in [6.07, 6.45) is 10.5. The summed E-state index contributed by atoms with van der Waals surface area (Å²) < 4.78 is 0. The molecule has 0 aliphatic carbocycles. The lowest BCUT2D eigenvalue weighted by Gasteiger charge is -2.20. The van der Waals surface area contributed by atoms with Gasteiger partial charge in [-0.25, -0.2) is 0 Å². The molecule has 0 aliphatic rings. The van der Waals surface area contributed by atoms with Gasteiger partial charge in [-0.15, -0.1) is 0 Å². The van der Waals surface area contributed by atoms with E-state index in [1.807, 2.05) is 0 Å². The minimum atomic E-state index is -1.06. The summed E-state index contributed by atoms with van der Waals surface area (Å²) in [5.41, 5.74) is 4.69. The number of hydrogen-bond donors (Lipinski definition) is 2. The van der Waals surface area contributed by atoms with E-state index in [0.717, 1.165) is 24.7 Å². The van der Waals surface area contributed by atoms with Crippen molar-refractivity contribution in [3.05, 3.63) is 0 Å². The van der Waals surface area contributed by atoms with Gasteiger partial charge in [0.15, 0.2) is 0 Å². The van der Waals surface area contributed by atoms with Gasteiger partial charge in [0.05, 0.1) is 0 Å². The molecule has 22 heavy (non-hydrogen) atoms. The van der Waals surface area contributed by atoms with Crippen LogP contribution in [0.15, 0.2) is 0 Å². The number of rotatable bonds is 13. The highest BCUT2D eigenvalue weighted by Crippen LogP contribution is 2.22. The maximum absolute atomic E-state index is 10.9. The maximum Gasteiger partial charge on any atom is 0.323 e. The minimum absolute atomic E-state index is 0.568. The van der Waals surface area contributed by atoms with Crippen molar-refractivity contribution in [2.45, 2.75) is 97.9 Å². The molecule has 3 unspecified atom stereocenters. The molecule has 132 valence electrons. The van der Waals surface area contributed by atoms with Crippen molar-refractivity contribution < 1.29 is 9.90 Å². The molecule has 0 radical (unpaired) electrons. The van der Waals surface area contributed by atoms with Gasteiger partial charge in [-0.3, -0.25) is 4.79 Å². The highest BCUT2D eigenvalue weighted by Gasteiger charge is 2.27. The summed E-state index contributed by atoms with van der Waals surface area (Å²) in [7, 11) is 0. The number of carbonyl (C=O) groups is 1. The third-order valence-electron chi connectivity index (χ3n) is 4.75. The molecule has 0 saturated heterocycles. The smallest absolute Gasteiger partial charge is 0.323 e. The van der Waals surface area contributed by atoms with Gasteiger partial charge in [0.1, 0.15) is 5.54 Å². The zero-order valence-electron chi connectivity index (χ0n) is 15.5. The lowest BCUT2D eigenvalue weighted by molar-refractivity contribution is -0.142. The van der Waals surface area contributed by atoms with E-state index in [9.17, 15) is 4.79 Å². The molecule has 0 aromatic heterocycles. The van der Waals surface area contributed by atoms with Crippen LogP contribution in [-0.4, -0.2) is 16.6 Å². The first-order valence-electron chi connectivity index (χ1n) is 9.17. The lowest BCUT2D eigenvalue weighted by Crippen LogP contribution is -2.44. The molecule has 0 amide bonds. The van der Waals surface area contributed by atoms with Crippen LogP contribution in [0, 0.1) is 17.8 Å². The monoisotopic (exact) mass is 313 g/mol. The molecule has 0 saturated carbocycles. The maximum atomic E-state index is 10.9. The van der Waals surface area contributed by atoms with Crippen LogP contribution in [0.3, 0.4) is 0 Å². The van der Waals surface area contributed by atoms with Gasteiger partial charge in [0, 0.05) is 0 Å². The van der Waals surface area contributed by atoms with E-state index in [4.69, 9.17) is 10.8 Å². The van der Waals surface area contributed by atoms with Crippen molar-refractivity contribution in [1.29, 1.82) is 0 Å². The first kappa shape index (κ1) is 21.4. The molecule has 0 bridgehead atoms. The van der Waals surface area contributed by atoms with Crippen LogP contribution in [-0.2, 0) is 4.79 Å². The van der Waals surface area contributed by atoms with Crippen LogP contribution in [0.4, 0.5) is 0 Å². The fourth-order valence-corrected chi connectivity index (χ4v) is 2.90. The van der Waals surface area contributed by atoms with Crippen LogP contribution >= 0.6 is 0 Å². The van der Waals surface area contributed by atoms with E-state index in [2.05, 4.69) is 27.7 Å². The second kappa shape index (κ2) is 11.0. The van der Waals surface area contributed by atoms with Gasteiger partial charge < -0.3 is 10.8 Å². The van der Waals surface area contributed by atoms with Gasteiger partial charge in [0.2, 0.25) is 0 Å². The molecule has 0 rings (SSSR count). The highest BCUT2D eigenvalue weighted by atomic mass is 16.4. The molecule has 0 aliphatic heterocycles. The van der Waals surface area contributed by atoms with Crippen molar-refractivity contribution in [1.82, 2.24) is 0 Å². The van der Waals surface area contributed by atoms with E-state index in [1.54, 1.807) is 6.92 Å². The number of hydrogen-bond acceptors (Lipinski definition) is 2. The van der Waals surface area contributed by atoms with Crippen molar-refractivity contribution in [2.75, 3.05) is 0 Å². The Kier molecular flexibility index (Phi) is 10.8. The average Bonchev–Trinajstić information content (AvgIpc) is 2.37. The third-order valence-corrected chi connectivity index (χ3v) is 4.75. The topological polar surface area (TPSA) is 63.3 Å². The Morgan fingerprint density at radius 2 is 1.32 bits per heavy atom.